The number of hydrogen-bond donors (Lipinski definition) is 1. The Hall–Kier alpha value is -0.930. The molecule has 0 aliphatic heterocycles. The van der Waals surface area contributed by atoms with Crippen molar-refractivity contribution < 1.29 is 4.74 Å². The Morgan fingerprint density at radius 3 is 2.81 bits per heavy atom. The van der Waals surface area contributed by atoms with Crippen LogP contribution in [0, 0.1) is 0 Å². The van der Waals surface area contributed by atoms with Gasteiger partial charge in [-0.05, 0) is 44.4 Å². The molecule has 1 heterocycles. The molecule has 0 aromatic carbocycles. The highest BCUT2D eigenvalue weighted by Crippen LogP contribution is 2.38. The second-order valence-corrected chi connectivity index (χ2v) is 4.49. The van der Waals surface area contributed by atoms with Crippen LogP contribution in [0.25, 0.3) is 0 Å². The number of rotatable bonds is 6. The molecule has 2 N–H and O–H groups in total. The molecular weight excluding hydrogens is 200 g/mol. The van der Waals surface area contributed by atoms with E-state index in [0.29, 0.717) is 0 Å². The third-order valence-electron chi connectivity index (χ3n) is 3.36. The van der Waals surface area contributed by atoms with Crippen LogP contribution in [0.2, 0.25) is 0 Å². The van der Waals surface area contributed by atoms with Gasteiger partial charge < -0.3 is 10.5 Å². The first-order valence-corrected chi connectivity index (χ1v) is 6.09. The van der Waals surface area contributed by atoms with E-state index in [2.05, 4.69) is 4.98 Å². The lowest BCUT2D eigenvalue weighted by atomic mass is 9.77. The first kappa shape index (κ1) is 11.6. The van der Waals surface area contributed by atoms with Crippen LogP contribution in [0.4, 0.5) is 0 Å². The van der Waals surface area contributed by atoms with E-state index in [-0.39, 0.29) is 5.60 Å². The van der Waals surface area contributed by atoms with E-state index in [1.807, 2.05) is 24.4 Å². The minimum atomic E-state index is 0.101. The number of hydrogen-bond acceptors (Lipinski definition) is 3. The van der Waals surface area contributed by atoms with Gasteiger partial charge in [-0.2, -0.15) is 0 Å². The van der Waals surface area contributed by atoms with Crippen molar-refractivity contribution in [3.8, 4) is 0 Å². The molecule has 88 valence electrons. The normalized spacial score (nSPS) is 18.1. The van der Waals surface area contributed by atoms with E-state index in [0.717, 1.165) is 31.7 Å². The predicted octanol–water partition coefficient (Wildman–Crippen LogP) is 1.91. The average molecular weight is 220 g/mol. The van der Waals surface area contributed by atoms with Crippen LogP contribution in [0.5, 0.6) is 0 Å². The maximum Gasteiger partial charge on any atom is 0.0694 e. The van der Waals surface area contributed by atoms with Crippen LogP contribution in [0.15, 0.2) is 24.4 Å². The van der Waals surface area contributed by atoms with Crippen LogP contribution < -0.4 is 5.73 Å². The molecular formula is C13H20N2O. The highest BCUT2D eigenvalue weighted by Gasteiger charge is 2.36. The van der Waals surface area contributed by atoms with E-state index in [4.69, 9.17) is 10.5 Å². The topological polar surface area (TPSA) is 48.1 Å². The fourth-order valence-electron chi connectivity index (χ4n) is 2.22. The van der Waals surface area contributed by atoms with Gasteiger partial charge in [0.2, 0.25) is 0 Å². The van der Waals surface area contributed by atoms with Crippen molar-refractivity contribution in [3.05, 3.63) is 30.1 Å². The summed E-state index contributed by atoms with van der Waals surface area (Å²) < 4.78 is 5.99. The molecule has 1 fully saturated rings. The van der Waals surface area contributed by atoms with Gasteiger partial charge in [0.25, 0.3) is 0 Å². The van der Waals surface area contributed by atoms with Gasteiger partial charge in [0.05, 0.1) is 12.2 Å². The number of ether oxygens (including phenoxy) is 1. The molecule has 0 saturated heterocycles. The molecule has 1 saturated carbocycles. The van der Waals surface area contributed by atoms with Gasteiger partial charge in [-0.25, -0.2) is 0 Å². The summed E-state index contributed by atoms with van der Waals surface area (Å²) in [7, 11) is 0. The molecule has 16 heavy (non-hydrogen) atoms. The minimum Gasteiger partial charge on any atom is -0.375 e. The Morgan fingerprint density at radius 2 is 2.25 bits per heavy atom. The largest absolute Gasteiger partial charge is 0.375 e. The second kappa shape index (κ2) is 5.41. The van der Waals surface area contributed by atoms with Crippen LogP contribution >= 0.6 is 0 Å². The Labute approximate surface area is 97.0 Å². The molecule has 1 aliphatic carbocycles. The van der Waals surface area contributed by atoms with Crippen LogP contribution in [-0.2, 0) is 11.2 Å². The molecule has 3 nitrogen and oxygen atoms in total. The first-order valence-electron chi connectivity index (χ1n) is 6.09. The molecule has 0 radical (unpaired) electrons. The highest BCUT2D eigenvalue weighted by molar-refractivity contribution is 5.03. The number of nitrogens with zero attached hydrogens (tertiary/aromatic N) is 1. The van der Waals surface area contributed by atoms with Gasteiger partial charge in [0.1, 0.15) is 0 Å². The third-order valence-corrected chi connectivity index (χ3v) is 3.36. The fourth-order valence-corrected chi connectivity index (χ4v) is 2.22. The minimum absolute atomic E-state index is 0.101. The zero-order valence-corrected chi connectivity index (χ0v) is 9.69. The molecule has 2 rings (SSSR count). The summed E-state index contributed by atoms with van der Waals surface area (Å²) in [6, 6.07) is 5.99. The van der Waals surface area contributed by atoms with E-state index in [1.165, 1.54) is 19.3 Å². The summed E-state index contributed by atoms with van der Waals surface area (Å²) in [6.45, 7) is 1.49. The molecule has 1 aromatic heterocycles. The Kier molecular flexibility index (Phi) is 3.91. The summed E-state index contributed by atoms with van der Waals surface area (Å²) in [6.07, 6.45) is 7.35. The summed E-state index contributed by atoms with van der Waals surface area (Å²) in [5.41, 5.74) is 6.82. The molecule has 0 amide bonds. The summed E-state index contributed by atoms with van der Waals surface area (Å²) in [4.78, 5) is 4.28. The zero-order valence-electron chi connectivity index (χ0n) is 9.69. The lowest BCUT2D eigenvalue weighted by Gasteiger charge is -2.41. The van der Waals surface area contributed by atoms with E-state index in [1.54, 1.807) is 0 Å². The molecule has 0 spiro atoms. The summed E-state index contributed by atoms with van der Waals surface area (Å²) >= 11 is 0. The number of nitrogens with two attached hydrogens (primary N) is 1. The first-order chi connectivity index (χ1) is 7.85. The van der Waals surface area contributed by atoms with Crippen molar-refractivity contribution in [2.75, 3.05) is 13.2 Å². The fraction of sp³-hybridized carbons (Fsp3) is 0.615. The van der Waals surface area contributed by atoms with Crippen LogP contribution in [-0.4, -0.2) is 23.7 Å². The van der Waals surface area contributed by atoms with Gasteiger partial charge in [0, 0.05) is 18.3 Å². The maximum atomic E-state index is 5.99. The van der Waals surface area contributed by atoms with Crippen molar-refractivity contribution in [3.63, 3.8) is 0 Å². The monoisotopic (exact) mass is 220 g/mol. The quantitative estimate of drug-likeness (QED) is 0.796. The van der Waals surface area contributed by atoms with Gasteiger partial charge >= 0.3 is 0 Å². The van der Waals surface area contributed by atoms with Crippen molar-refractivity contribution in [2.24, 2.45) is 5.73 Å². The van der Waals surface area contributed by atoms with Gasteiger partial charge in [-0.15, -0.1) is 0 Å². The lowest BCUT2D eigenvalue weighted by Crippen LogP contribution is -2.42. The predicted molar refractivity (Wildman–Crippen MR) is 64.1 cm³/mol. The zero-order chi connectivity index (χ0) is 11.3. The van der Waals surface area contributed by atoms with E-state index >= 15 is 0 Å². The van der Waals surface area contributed by atoms with Crippen molar-refractivity contribution >= 4 is 0 Å². The lowest BCUT2D eigenvalue weighted by molar-refractivity contribution is -0.102. The molecule has 3 heteroatoms. The molecule has 0 unspecified atom stereocenters. The SMILES string of the molecule is NCCC1(OCCc2ccccn2)CCC1. The van der Waals surface area contributed by atoms with E-state index < -0.39 is 0 Å². The van der Waals surface area contributed by atoms with Gasteiger partial charge in [-0.3, -0.25) is 4.98 Å². The van der Waals surface area contributed by atoms with Gasteiger partial charge in [0.15, 0.2) is 0 Å². The Balaban J connectivity index is 1.75. The van der Waals surface area contributed by atoms with E-state index in [9.17, 15) is 0 Å². The average Bonchev–Trinajstić information content (AvgIpc) is 2.27. The van der Waals surface area contributed by atoms with Crippen LogP contribution in [0.1, 0.15) is 31.4 Å². The molecule has 0 atom stereocenters. The highest BCUT2D eigenvalue weighted by atomic mass is 16.5. The molecule has 1 aliphatic rings. The Bertz CT molecular complexity index is 309. The second-order valence-electron chi connectivity index (χ2n) is 4.49. The summed E-state index contributed by atoms with van der Waals surface area (Å²) in [5.74, 6) is 0. The standard InChI is InChI=1S/C13H20N2O/c14-9-8-13(6-3-7-13)16-11-5-12-4-1-2-10-15-12/h1-2,4,10H,3,5-9,11,14H2. The van der Waals surface area contributed by atoms with Crippen molar-refractivity contribution in [2.45, 2.75) is 37.7 Å². The van der Waals surface area contributed by atoms with Crippen molar-refractivity contribution in [1.82, 2.24) is 4.98 Å². The molecule has 1 aromatic rings. The summed E-state index contributed by atoms with van der Waals surface area (Å²) in [5, 5.41) is 0. The Morgan fingerprint density at radius 1 is 1.38 bits per heavy atom. The maximum absolute atomic E-state index is 5.99. The van der Waals surface area contributed by atoms with Crippen LogP contribution in [0.3, 0.4) is 0 Å². The molecule has 0 bridgehead atoms. The van der Waals surface area contributed by atoms with Gasteiger partial charge in [-0.1, -0.05) is 6.07 Å². The van der Waals surface area contributed by atoms with Crippen molar-refractivity contribution in [1.29, 1.82) is 0 Å². The number of pyridine rings is 1. The smallest absolute Gasteiger partial charge is 0.0694 e. The third kappa shape index (κ3) is 2.80. The number of aromatic nitrogens is 1.